The Balaban J connectivity index is 0.952. The Labute approximate surface area is 313 Å². The van der Waals surface area contributed by atoms with Gasteiger partial charge in [0, 0.05) is 25.0 Å². The molecule has 6 aliphatic heterocycles. The van der Waals surface area contributed by atoms with Gasteiger partial charge in [0.05, 0.1) is 13.2 Å². The van der Waals surface area contributed by atoms with Gasteiger partial charge in [-0.2, -0.15) is 0 Å². The predicted octanol–water partition coefficient (Wildman–Crippen LogP) is 5.40. The van der Waals surface area contributed by atoms with Crippen LogP contribution in [0.25, 0.3) is 0 Å². The molecular weight excluding hydrogens is 717 g/mol. The lowest BCUT2D eigenvalue weighted by molar-refractivity contribution is -0.225. The fourth-order valence-corrected chi connectivity index (χ4v) is 10.9. The third-order valence-corrected chi connectivity index (χ3v) is 13.5. The molecule has 0 unspecified atom stereocenters. The van der Waals surface area contributed by atoms with Crippen LogP contribution in [-0.2, 0) is 69.7 Å². The van der Waals surface area contributed by atoms with Gasteiger partial charge in [-0.15, -0.1) is 23.5 Å². The van der Waals surface area contributed by atoms with Crippen molar-refractivity contribution in [3.63, 3.8) is 0 Å². The quantitative estimate of drug-likeness (QED) is 0.269. The summed E-state index contributed by atoms with van der Waals surface area (Å²) in [5, 5.41) is 9.20. The van der Waals surface area contributed by atoms with Crippen molar-refractivity contribution in [1.82, 2.24) is 10.3 Å². The molecule has 10 atom stereocenters. The zero-order chi connectivity index (χ0) is 36.9. The number of fused-ring (bicyclic) bond motifs is 2. The standard InChI is InChI=1S/C36H52N2O12S2/c1-31(2)39-17-21(43-31)25-35(51-9,27-29(41-25)47-33(5,6)45-27)23-15-19(49-37-23)13-11-12-14-20-16-24(38-50-20)36(52-10)26(22-18-40-32(3,4)44-22)42-30-28(36)46-34(7,8)48-30/h15-16,21-22,25-30H,11-14,17-18H2,1-10H3/t21-,22-,25-,26-,27+,28+,29-,30-,35+,36+/m1/s1. The Kier molecular flexibility index (Phi) is 9.52. The van der Waals surface area contributed by atoms with Crippen LogP contribution in [0, 0.1) is 0 Å². The highest BCUT2D eigenvalue weighted by Crippen LogP contribution is 2.58. The molecule has 8 heterocycles. The summed E-state index contributed by atoms with van der Waals surface area (Å²) in [7, 11) is 0. The van der Waals surface area contributed by atoms with E-state index in [1.165, 1.54) is 0 Å². The van der Waals surface area contributed by atoms with E-state index in [2.05, 4.69) is 10.3 Å². The van der Waals surface area contributed by atoms with Gasteiger partial charge in [-0.25, -0.2) is 0 Å². The molecule has 6 aliphatic rings. The Morgan fingerprint density at radius 1 is 0.558 bits per heavy atom. The number of unbranched alkanes of at least 4 members (excludes halogenated alkanes) is 1. The maximum atomic E-state index is 6.54. The average molecular weight is 769 g/mol. The highest BCUT2D eigenvalue weighted by Gasteiger charge is 2.69. The molecule has 8 rings (SSSR count). The molecule has 6 saturated heterocycles. The Morgan fingerprint density at radius 3 is 1.31 bits per heavy atom. The zero-order valence-corrected chi connectivity index (χ0v) is 33.3. The van der Waals surface area contributed by atoms with Gasteiger partial charge < -0.3 is 56.4 Å². The summed E-state index contributed by atoms with van der Waals surface area (Å²) in [6, 6.07) is 4.05. The van der Waals surface area contributed by atoms with E-state index >= 15 is 0 Å². The molecule has 52 heavy (non-hydrogen) atoms. The van der Waals surface area contributed by atoms with Gasteiger partial charge in [0.25, 0.3) is 0 Å². The summed E-state index contributed by atoms with van der Waals surface area (Å²) in [5.74, 6) is -1.46. The minimum absolute atomic E-state index is 0.331. The smallest absolute Gasteiger partial charge is 0.189 e. The first kappa shape index (κ1) is 37.6. The molecule has 290 valence electrons. The van der Waals surface area contributed by atoms with Crippen molar-refractivity contribution in [1.29, 1.82) is 0 Å². The fourth-order valence-electron chi connectivity index (χ4n) is 8.60. The molecule has 6 fully saturated rings. The van der Waals surface area contributed by atoms with E-state index in [0.29, 0.717) is 26.1 Å². The number of aromatic nitrogens is 2. The van der Waals surface area contributed by atoms with Gasteiger partial charge in [-0.1, -0.05) is 10.3 Å². The predicted molar refractivity (Wildman–Crippen MR) is 187 cm³/mol. The normalized spacial score (nSPS) is 41.2. The highest BCUT2D eigenvalue weighted by molar-refractivity contribution is 7.99. The molecule has 0 amide bonds. The fraction of sp³-hybridized carbons (Fsp3) is 0.833. The summed E-state index contributed by atoms with van der Waals surface area (Å²) in [6.45, 7) is 16.0. The second-order valence-corrected chi connectivity index (χ2v) is 18.4. The molecule has 0 N–H and O–H groups in total. The van der Waals surface area contributed by atoms with Crippen LogP contribution in [0.5, 0.6) is 0 Å². The molecular formula is C36H52N2O12S2. The van der Waals surface area contributed by atoms with Crippen molar-refractivity contribution >= 4 is 23.5 Å². The number of thioether (sulfide) groups is 2. The first-order valence-electron chi connectivity index (χ1n) is 18.2. The Morgan fingerprint density at radius 2 is 0.962 bits per heavy atom. The first-order chi connectivity index (χ1) is 24.5. The summed E-state index contributed by atoms with van der Waals surface area (Å²) in [6.07, 6.45) is 3.69. The SMILES string of the molecule is CS[C@@]1(c2cc(CCCCc3cc([C@]4(SC)[C@@H]([C@H]5COC(C)(C)O5)O[C@@H]5OC(C)(C)O[C@@H]54)no3)on2)[C@@H]([C@H]2COC(C)(C)O2)O[C@@H]2OC(C)(C)O[C@@H]21. The van der Waals surface area contributed by atoms with Gasteiger partial charge in [0.1, 0.15) is 69.0 Å². The van der Waals surface area contributed by atoms with Crippen LogP contribution >= 0.6 is 23.5 Å². The average Bonchev–Trinajstić information content (AvgIpc) is 3.92. The number of hydrogen-bond donors (Lipinski definition) is 0. The lowest BCUT2D eigenvalue weighted by Crippen LogP contribution is -2.49. The van der Waals surface area contributed by atoms with Crippen molar-refractivity contribution in [3.8, 4) is 0 Å². The molecule has 0 aliphatic carbocycles. The molecule has 2 aromatic rings. The van der Waals surface area contributed by atoms with E-state index in [1.807, 2.05) is 80.0 Å². The van der Waals surface area contributed by atoms with E-state index in [9.17, 15) is 0 Å². The molecule has 2 aromatic heterocycles. The van der Waals surface area contributed by atoms with E-state index < -0.39 is 69.6 Å². The van der Waals surface area contributed by atoms with Crippen molar-refractivity contribution in [3.05, 3.63) is 35.0 Å². The maximum absolute atomic E-state index is 6.54. The van der Waals surface area contributed by atoms with Gasteiger partial charge in [0.15, 0.2) is 35.7 Å². The summed E-state index contributed by atoms with van der Waals surface area (Å²) >= 11 is 3.24. The van der Waals surface area contributed by atoms with Crippen molar-refractivity contribution < 1.29 is 56.4 Å². The number of hydrogen-bond acceptors (Lipinski definition) is 16. The third-order valence-electron chi connectivity index (χ3n) is 10.8. The summed E-state index contributed by atoms with van der Waals surface area (Å²) < 4.78 is 73.3. The third kappa shape index (κ3) is 6.39. The van der Waals surface area contributed by atoms with Crippen LogP contribution < -0.4 is 0 Å². The summed E-state index contributed by atoms with van der Waals surface area (Å²) in [4.78, 5) is 0. The zero-order valence-electron chi connectivity index (χ0n) is 31.6. The summed E-state index contributed by atoms with van der Waals surface area (Å²) in [5.41, 5.74) is 1.50. The monoisotopic (exact) mass is 768 g/mol. The second-order valence-electron chi connectivity index (χ2n) is 16.3. The largest absolute Gasteiger partial charge is 0.361 e. The van der Waals surface area contributed by atoms with E-state index in [-0.39, 0.29) is 12.2 Å². The van der Waals surface area contributed by atoms with Gasteiger partial charge in [-0.05, 0) is 80.7 Å². The number of rotatable bonds is 11. The van der Waals surface area contributed by atoms with Crippen molar-refractivity contribution in [2.45, 2.75) is 163 Å². The van der Waals surface area contributed by atoms with Crippen molar-refractivity contribution in [2.75, 3.05) is 25.7 Å². The lowest BCUT2D eigenvalue weighted by atomic mass is 9.89. The topological polar surface area (TPSA) is 144 Å². The molecule has 0 spiro atoms. The Bertz CT molecular complexity index is 1500. The lowest BCUT2D eigenvalue weighted by Gasteiger charge is -2.37. The van der Waals surface area contributed by atoms with Crippen LogP contribution in [0.1, 0.15) is 91.1 Å². The molecule has 0 bridgehead atoms. The highest BCUT2D eigenvalue weighted by atomic mass is 32.2. The first-order valence-corrected chi connectivity index (χ1v) is 20.6. The Hall–Kier alpha value is -1.28. The van der Waals surface area contributed by atoms with Gasteiger partial charge in [-0.3, -0.25) is 0 Å². The van der Waals surface area contributed by atoms with Crippen LogP contribution in [0.3, 0.4) is 0 Å². The van der Waals surface area contributed by atoms with Crippen LogP contribution in [0.2, 0.25) is 0 Å². The number of ether oxygens (including phenoxy) is 10. The van der Waals surface area contributed by atoms with Gasteiger partial charge >= 0.3 is 0 Å². The van der Waals surface area contributed by atoms with E-state index in [0.717, 1.165) is 35.7 Å². The number of nitrogens with zero attached hydrogens (tertiary/aromatic N) is 2. The van der Waals surface area contributed by atoms with Crippen LogP contribution in [0.4, 0.5) is 0 Å². The van der Waals surface area contributed by atoms with E-state index in [1.54, 1.807) is 23.5 Å². The molecule has 16 heteroatoms. The van der Waals surface area contributed by atoms with Gasteiger partial charge in [0.2, 0.25) is 0 Å². The van der Waals surface area contributed by atoms with Crippen molar-refractivity contribution in [2.24, 2.45) is 0 Å². The second kappa shape index (κ2) is 13.2. The molecule has 0 radical (unpaired) electrons. The minimum atomic E-state index is -0.798. The minimum Gasteiger partial charge on any atom is -0.361 e. The molecule has 0 saturated carbocycles. The van der Waals surface area contributed by atoms with E-state index in [4.69, 9.17) is 56.4 Å². The van der Waals surface area contributed by atoms with Crippen LogP contribution in [-0.4, -0.2) is 108 Å². The van der Waals surface area contributed by atoms with Crippen LogP contribution in [0.15, 0.2) is 21.2 Å². The molecule has 14 nitrogen and oxygen atoms in total. The number of aryl methyl sites for hydroxylation is 2. The molecule has 0 aromatic carbocycles. The maximum Gasteiger partial charge on any atom is 0.189 e.